The molecule has 0 unspecified atom stereocenters. The van der Waals surface area contributed by atoms with Gasteiger partial charge < -0.3 is 0 Å². The first kappa shape index (κ1) is 10.3. The van der Waals surface area contributed by atoms with E-state index in [1.165, 1.54) is 0 Å². The molecule has 1 aromatic rings. The largest absolute Gasteiger partial charge is 0.290 e. The summed E-state index contributed by atoms with van der Waals surface area (Å²) in [6.45, 7) is 0. The zero-order chi connectivity index (χ0) is 10.8. The minimum Gasteiger partial charge on any atom is -0.282 e. The molecule has 15 heavy (non-hydrogen) atoms. The molecule has 0 spiro atoms. The van der Waals surface area contributed by atoms with E-state index in [4.69, 9.17) is 11.6 Å². The number of hydrogen-bond donors (Lipinski definition) is 1. The number of hydrogen-bond acceptors (Lipinski definition) is 3. The van der Waals surface area contributed by atoms with Crippen LogP contribution in [0, 0.1) is 6.07 Å². The van der Waals surface area contributed by atoms with E-state index >= 15 is 0 Å². The fourth-order valence-electron chi connectivity index (χ4n) is 1.12. The van der Waals surface area contributed by atoms with E-state index in [0.717, 1.165) is 17.3 Å². The fourth-order valence-corrected chi connectivity index (χ4v) is 1.99. The molecule has 3 nitrogen and oxygen atoms in total. The van der Waals surface area contributed by atoms with Gasteiger partial charge in [0.2, 0.25) is 0 Å². The number of benzene rings is 1. The van der Waals surface area contributed by atoms with Crippen LogP contribution in [0.5, 0.6) is 0 Å². The molecular weight excluding hydrogens is 234 g/mol. The molecular formula is C10H5ClNO2S. The Morgan fingerprint density at radius 3 is 2.87 bits per heavy atom. The highest BCUT2D eigenvalue weighted by Crippen LogP contribution is 2.25. The molecule has 1 radical (unpaired) electrons. The Labute approximate surface area is 95.5 Å². The van der Waals surface area contributed by atoms with Crippen molar-refractivity contribution in [3.63, 3.8) is 0 Å². The van der Waals surface area contributed by atoms with Gasteiger partial charge in [0.25, 0.3) is 11.1 Å². The van der Waals surface area contributed by atoms with Crippen LogP contribution in [0.1, 0.15) is 5.56 Å². The lowest BCUT2D eigenvalue weighted by molar-refractivity contribution is -0.115. The van der Waals surface area contributed by atoms with Crippen LogP contribution in [-0.4, -0.2) is 11.1 Å². The SMILES string of the molecule is O=C1NC(=O)/C(=C/c2cc[c]c(Cl)c2)S1. The summed E-state index contributed by atoms with van der Waals surface area (Å²) < 4.78 is 0. The van der Waals surface area contributed by atoms with Crippen LogP contribution in [0.2, 0.25) is 5.02 Å². The first-order valence-electron chi connectivity index (χ1n) is 4.07. The van der Waals surface area contributed by atoms with Crippen molar-refractivity contribution in [1.29, 1.82) is 0 Å². The van der Waals surface area contributed by atoms with E-state index < -0.39 is 0 Å². The van der Waals surface area contributed by atoms with Gasteiger partial charge in [0.15, 0.2) is 0 Å². The van der Waals surface area contributed by atoms with E-state index in [0.29, 0.717) is 9.93 Å². The fraction of sp³-hybridized carbons (Fsp3) is 0. The number of nitrogens with one attached hydrogen (secondary N) is 1. The van der Waals surface area contributed by atoms with E-state index in [-0.39, 0.29) is 11.1 Å². The molecule has 0 bridgehead atoms. The average molecular weight is 239 g/mol. The van der Waals surface area contributed by atoms with E-state index in [9.17, 15) is 9.59 Å². The second kappa shape index (κ2) is 4.08. The third kappa shape index (κ3) is 2.40. The summed E-state index contributed by atoms with van der Waals surface area (Å²) in [6, 6.07) is 7.87. The summed E-state index contributed by atoms with van der Waals surface area (Å²) in [5, 5.41) is 2.30. The van der Waals surface area contributed by atoms with Crippen molar-refractivity contribution in [2.24, 2.45) is 0 Å². The van der Waals surface area contributed by atoms with Gasteiger partial charge in [0, 0.05) is 11.1 Å². The van der Waals surface area contributed by atoms with Gasteiger partial charge in [0.05, 0.1) is 4.91 Å². The molecule has 0 saturated carbocycles. The Bertz CT molecular complexity index is 470. The van der Waals surface area contributed by atoms with Crippen LogP contribution >= 0.6 is 23.4 Å². The lowest BCUT2D eigenvalue weighted by Gasteiger charge is -1.94. The highest BCUT2D eigenvalue weighted by atomic mass is 35.5. The third-order valence-corrected chi connectivity index (χ3v) is 2.76. The highest BCUT2D eigenvalue weighted by molar-refractivity contribution is 8.18. The van der Waals surface area contributed by atoms with Gasteiger partial charge in [-0.1, -0.05) is 23.7 Å². The van der Waals surface area contributed by atoms with Gasteiger partial charge in [-0.3, -0.25) is 14.9 Å². The van der Waals surface area contributed by atoms with Crippen LogP contribution in [0.4, 0.5) is 4.79 Å². The Balaban J connectivity index is 2.31. The molecule has 1 aliphatic rings. The summed E-state index contributed by atoms with van der Waals surface area (Å²) in [7, 11) is 0. The van der Waals surface area contributed by atoms with Gasteiger partial charge in [-0.25, -0.2) is 0 Å². The molecule has 2 rings (SSSR count). The van der Waals surface area contributed by atoms with Crippen molar-refractivity contribution >= 4 is 40.6 Å². The summed E-state index contributed by atoms with van der Waals surface area (Å²) in [5.41, 5.74) is 0.770. The maximum atomic E-state index is 11.2. The minimum absolute atomic E-state index is 0.347. The number of amides is 2. The molecule has 1 saturated heterocycles. The lowest BCUT2D eigenvalue weighted by atomic mass is 10.2. The molecule has 75 valence electrons. The lowest BCUT2D eigenvalue weighted by Crippen LogP contribution is -2.17. The molecule has 1 heterocycles. The molecule has 0 aliphatic carbocycles. The van der Waals surface area contributed by atoms with Gasteiger partial charge in [-0.05, 0) is 29.5 Å². The number of carbonyl (C=O) groups is 2. The highest BCUT2D eigenvalue weighted by Gasteiger charge is 2.24. The first-order valence-corrected chi connectivity index (χ1v) is 5.27. The predicted molar refractivity (Wildman–Crippen MR) is 59.4 cm³/mol. The average Bonchev–Trinajstić information content (AvgIpc) is 2.45. The molecule has 1 aromatic carbocycles. The normalized spacial score (nSPS) is 18.3. The standard InChI is InChI=1S/C10H5ClNO2S/c11-7-3-1-2-6(4-7)5-8-9(13)12-10(14)15-8/h1-2,4-5H,(H,12,13,14)/b8-5-. The smallest absolute Gasteiger partial charge is 0.282 e. The first-order chi connectivity index (χ1) is 7.15. The second-order valence-corrected chi connectivity index (χ2v) is 4.24. The third-order valence-electron chi connectivity index (χ3n) is 1.73. The Hall–Kier alpha value is -1.26. The van der Waals surface area contributed by atoms with Crippen molar-refractivity contribution in [3.8, 4) is 0 Å². The summed E-state index contributed by atoms with van der Waals surface area (Å²) >= 11 is 6.62. The zero-order valence-corrected chi connectivity index (χ0v) is 8.98. The number of thioether (sulfide) groups is 1. The van der Waals surface area contributed by atoms with Gasteiger partial charge in [0.1, 0.15) is 0 Å². The number of imide groups is 1. The van der Waals surface area contributed by atoms with Crippen LogP contribution in [-0.2, 0) is 4.79 Å². The van der Waals surface area contributed by atoms with Crippen molar-refractivity contribution in [2.75, 3.05) is 0 Å². The topological polar surface area (TPSA) is 46.2 Å². The van der Waals surface area contributed by atoms with Crippen molar-refractivity contribution in [3.05, 3.63) is 39.8 Å². The van der Waals surface area contributed by atoms with Gasteiger partial charge in [-0.2, -0.15) is 0 Å². The van der Waals surface area contributed by atoms with Crippen LogP contribution < -0.4 is 5.32 Å². The van der Waals surface area contributed by atoms with Crippen LogP contribution in [0.3, 0.4) is 0 Å². The van der Waals surface area contributed by atoms with E-state index in [2.05, 4.69) is 11.4 Å². The monoisotopic (exact) mass is 238 g/mol. The van der Waals surface area contributed by atoms with Crippen LogP contribution in [0.25, 0.3) is 6.08 Å². The Kier molecular flexibility index (Phi) is 2.79. The number of rotatable bonds is 1. The maximum absolute atomic E-state index is 11.2. The van der Waals surface area contributed by atoms with E-state index in [1.807, 2.05) is 0 Å². The minimum atomic E-state index is -0.367. The van der Waals surface area contributed by atoms with Gasteiger partial charge in [-0.15, -0.1) is 0 Å². The van der Waals surface area contributed by atoms with Crippen LogP contribution in [0.15, 0.2) is 23.1 Å². The Morgan fingerprint density at radius 1 is 1.47 bits per heavy atom. The number of halogens is 1. The quantitative estimate of drug-likeness (QED) is 0.765. The molecule has 0 atom stereocenters. The molecule has 1 aliphatic heterocycles. The number of carbonyl (C=O) groups excluding carboxylic acids is 2. The molecule has 2 amide bonds. The molecule has 1 N–H and O–H groups in total. The van der Waals surface area contributed by atoms with Crippen molar-refractivity contribution in [1.82, 2.24) is 5.32 Å². The maximum Gasteiger partial charge on any atom is 0.290 e. The molecule has 1 fully saturated rings. The summed E-state index contributed by atoms with van der Waals surface area (Å²) in [6.07, 6.45) is 1.62. The predicted octanol–water partition coefficient (Wildman–Crippen LogP) is 2.46. The van der Waals surface area contributed by atoms with E-state index in [1.54, 1.807) is 24.3 Å². The summed E-state index contributed by atoms with van der Waals surface area (Å²) in [5.74, 6) is -0.367. The Morgan fingerprint density at radius 2 is 2.27 bits per heavy atom. The molecule has 0 aromatic heterocycles. The summed E-state index contributed by atoms with van der Waals surface area (Å²) in [4.78, 5) is 22.5. The van der Waals surface area contributed by atoms with Crippen molar-refractivity contribution < 1.29 is 9.59 Å². The zero-order valence-electron chi connectivity index (χ0n) is 7.41. The van der Waals surface area contributed by atoms with Gasteiger partial charge >= 0.3 is 0 Å². The van der Waals surface area contributed by atoms with Crippen molar-refractivity contribution in [2.45, 2.75) is 0 Å². The second-order valence-electron chi connectivity index (χ2n) is 2.82. The molecule has 5 heteroatoms.